The molecular formula is C24H26N4O3. The largest absolute Gasteiger partial charge is 0.480 e. The summed E-state index contributed by atoms with van der Waals surface area (Å²) in [7, 11) is 0. The molecule has 1 aromatic heterocycles. The van der Waals surface area contributed by atoms with E-state index in [1.165, 1.54) is 4.68 Å². The van der Waals surface area contributed by atoms with Gasteiger partial charge in [-0.15, -0.1) is 0 Å². The Morgan fingerprint density at radius 2 is 1.87 bits per heavy atom. The van der Waals surface area contributed by atoms with E-state index >= 15 is 0 Å². The van der Waals surface area contributed by atoms with Crippen LogP contribution < -0.4 is 10.2 Å². The number of carbonyl (C=O) groups is 2. The first-order valence-electron chi connectivity index (χ1n) is 10.5. The minimum atomic E-state index is -0.921. The molecule has 2 heterocycles. The monoisotopic (exact) mass is 418 g/mol. The molecule has 0 unspecified atom stereocenters. The Labute approximate surface area is 181 Å². The van der Waals surface area contributed by atoms with Crippen LogP contribution in [0.15, 0.2) is 60.9 Å². The molecule has 2 N–H and O–H groups in total. The van der Waals surface area contributed by atoms with Crippen LogP contribution in [0.4, 0.5) is 11.4 Å². The summed E-state index contributed by atoms with van der Waals surface area (Å²) in [6.07, 6.45) is 4.71. The molecule has 0 aliphatic carbocycles. The first-order valence-corrected chi connectivity index (χ1v) is 10.5. The van der Waals surface area contributed by atoms with E-state index in [2.05, 4.69) is 23.4 Å². The number of hydrogen-bond donors (Lipinski definition) is 2. The number of carboxylic acids is 1. The molecule has 0 saturated heterocycles. The average molecular weight is 418 g/mol. The lowest BCUT2D eigenvalue weighted by atomic mass is 9.91. The van der Waals surface area contributed by atoms with E-state index in [1.807, 2.05) is 54.3 Å². The van der Waals surface area contributed by atoms with Crippen molar-refractivity contribution in [2.75, 3.05) is 10.2 Å². The van der Waals surface area contributed by atoms with E-state index in [0.717, 1.165) is 34.5 Å². The molecule has 0 saturated carbocycles. The summed E-state index contributed by atoms with van der Waals surface area (Å²) in [5, 5.41) is 16.6. The molecule has 2 aromatic carbocycles. The fraction of sp³-hybridized carbons (Fsp3) is 0.292. The van der Waals surface area contributed by atoms with Gasteiger partial charge in [0.25, 0.3) is 0 Å². The number of rotatable bonds is 6. The van der Waals surface area contributed by atoms with Crippen LogP contribution in [-0.2, 0) is 16.1 Å². The third-order valence-electron chi connectivity index (χ3n) is 5.65. The van der Waals surface area contributed by atoms with Crippen LogP contribution in [0.25, 0.3) is 11.1 Å². The minimum Gasteiger partial charge on any atom is -0.480 e. The number of benzene rings is 2. The number of anilines is 2. The van der Waals surface area contributed by atoms with Gasteiger partial charge in [0.05, 0.1) is 12.2 Å². The fourth-order valence-corrected chi connectivity index (χ4v) is 4.20. The first kappa shape index (κ1) is 20.7. The average Bonchev–Trinajstić information content (AvgIpc) is 3.21. The third-order valence-corrected chi connectivity index (χ3v) is 5.65. The molecule has 7 nitrogen and oxygen atoms in total. The van der Waals surface area contributed by atoms with Gasteiger partial charge in [0.15, 0.2) is 0 Å². The van der Waals surface area contributed by atoms with Gasteiger partial charge in [-0.2, -0.15) is 5.10 Å². The van der Waals surface area contributed by atoms with E-state index in [9.17, 15) is 9.59 Å². The molecular weight excluding hydrogens is 392 g/mol. The molecule has 31 heavy (non-hydrogen) atoms. The number of para-hydroxylation sites is 1. The Bertz CT molecular complexity index is 1090. The number of carbonyl (C=O) groups excluding carboxylic acids is 1. The molecule has 1 aliphatic rings. The van der Waals surface area contributed by atoms with Crippen molar-refractivity contribution in [3.8, 4) is 11.1 Å². The molecule has 1 amide bonds. The van der Waals surface area contributed by atoms with Crippen molar-refractivity contribution < 1.29 is 14.7 Å². The highest BCUT2D eigenvalue weighted by atomic mass is 16.4. The lowest BCUT2D eigenvalue weighted by Crippen LogP contribution is -2.44. The number of amides is 1. The van der Waals surface area contributed by atoms with E-state index in [-0.39, 0.29) is 24.5 Å². The fourth-order valence-electron chi connectivity index (χ4n) is 4.20. The zero-order chi connectivity index (χ0) is 22.0. The summed E-state index contributed by atoms with van der Waals surface area (Å²) in [6, 6.07) is 16.3. The molecule has 2 atom stereocenters. The Morgan fingerprint density at radius 1 is 1.13 bits per heavy atom. The maximum atomic E-state index is 12.5. The van der Waals surface area contributed by atoms with E-state index in [1.54, 1.807) is 12.4 Å². The number of aliphatic carboxylic acids is 1. The molecule has 0 spiro atoms. The van der Waals surface area contributed by atoms with Gasteiger partial charge in [-0.1, -0.05) is 37.3 Å². The van der Waals surface area contributed by atoms with Gasteiger partial charge in [0, 0.05) is 35.6 Å². The van der Waals surface area contributed by atoms with Crippen molar-refractivity contribution in [3.05, 3.63) is 66.5 Å². The summed E-state index contributed by atoms with van der Waals surface area (Å²) in [5.74, 6) is -0.776. The topological polar surface area (TPSA) is 87.5 Å². The van der Waals surface area contributed by atoms with Crippen LogP contribution in [0, 0.1) is 0 Å². The second-order valence-electron chi connectivity index (χ2n) is 7.86. The van der Waals surface area contributed by atoms with Gasteiger partial charge in [-0.3, -0.25) is 14.3 Å². The molecule has 160 valence electrons. The van der Waals surface area contributed by atoms with Crippen LogP contribution in [0.3, 0.4) is 0 Å². The minimum absolute atomic E-state index is 0.108. The van der Waals surface area contributed by atoms with Gasteiger partial charge < -0.3 is 15.3 Å². The number of nitrogens with zero attached hydrogens (tertiary/aromatic N) is 3. The standard InChI is InChI=1S/C24H26N4O3/c1-3-23(29)28-16(2)12-21(20-6-4-5-7-22(20)28)26-19-10-8-17(9-11-19)18-13-25-27(14-18)15-24(30)31/h4-11,13-14,16,21,26H,3,12,15H2,1-2H3,(H,30,31)/t16-,21+/m0/s1. The van der Waals surface area contributed by atoms with E-state index in [0.29, 0.717) is 6.42 Å². The van der Waals surface area contributed by atoms with Crippen molar-refractivity contribution in [1.82, 2.24) is 9.78 Å². The van der Waals surface area contributed by atoms with Crippen LogP contribution in [0.2, 0.25) is 0 Å². The van der Waals surface area contributed by atoms with Crippen molar-refractivity contribution >= 4 is 23.3 Å². The van der Waals surface area contributed by atoms with Gasteiger partial charge in [0.2, 0.25) is 5.91 Å². The highest BCUT2D eigenvalue weighted by Crippen LogP contribution is 2.39. The number of fused-ring (bicyclic) bond motifs is 1. The van der Waals surface area contributed by atoms with Crippen molar-refractivity contribution in [2.24, 2.45) is 0 Å². The van der Waals surface area contributed by atoms with Gasteiger partial charge >= 0.3 is 5.97 Å². The maximum Gasteiger partial charge on any atom is 0.325 e. The predicted molar refractivity (Wildman–Crippen MR) is 120 cm³/mol. The summed E-state index contributed by atoms with van der Waals surface area (Å²) in [6.45, 7) is 3.83. The highest BCUT2D eigenvalue weighted by molar-refractivity contribution is 5.95. The van der Waals surface area contributed by atoms with Crippen LogP contribution in [0.1, 0.15) is 38.3 Å². The predicted octanol–water partition coefficient (Wildman–Crippen LogP) is 4.32. The third kappa shape index (κ3) is 4.30. The van der Waals surface area contributed by atoms with Crippen molar-refractivity contribution in [3.63, 3.8) is 0 Å². The zero-order valence-electron chi connectivity index (χ0n) is 17.7. The quantitative estimate of drug-likeness (QED) is 0.622. The zero-order valence-corrected chi connectivity index (χ0v) is 17.7. The van der Waals surface area contributed by atoms with Crippen LogP contribution in [-0.4, -0.2) is 32.8 Å². The number of aromatic nitrogens is 2. The Hall–Kier alpha value is -3.61. The second kappa shape index (κ2) is 8.63. The van der Waals surface area contributed by atoms with Crippen LogP contribution >= 0.6 is 0 Å². The van der Waals surface area contributed by atoms with Crippen LogP contribution in [0.5, 0.6) is 0 Å². The molecule has 0 fully saturated rings. The van der Waals surface area contributed by atoms with E-state index < -0.39 is 5.97 Å². The summed E-state index contributed by atoms with van der Waals surface area (Å²) in [4.78, 5) is 25.3. The first-order chi connectivity index (χ1) is 15.0. The van der Waals surface area contributed by atoms with E-state index in [4.69, 9.17) is 5.11 Å². The summed E-state index contributed by atoms with van der Waals surface area (Å²) in [5.41, 5.74) is 4.94. The number of carboxylic acid groups (broad SMARTS) is 1. The maximum absolute atomic E-state index is 12.5. The number of hydrogen-bond acceptors (Lipinski definition) is 4. The molecule has 4 rings (SSSR count). The molecule has 3 aromatic rings. The number of nitrogens with one attached hydrogen (secondary N) is 1. The smallest absolute Gasteiger partial charge is 0.325 e. The molecule has 7 heteroatoms. The van der Waals surface area contributed by atoms with Crippen molar-refractivity contribution in [1.29, 1.82) is 0 Å². The highest BCUT2D eigenvalue weighted by Gasteiger charge is 2.32. The Morgan fingerprint density at radius 3 is 2.58 bits per heavy atom. The molecule has 1 aliphatic heterocycles. The molecule has 0 bridgehead atoms. The SMILES string of the molecule is CCC(=O)N1c2ccccc2[C@H](Nc2ccc(-c3cnn(CC(=O)O)c3)cc2)C[C@@H]1C. The normalized spacial score (nSPS) is 17.8. The summed E-state index contributed by atoms with van der Waals surface area (Å²) >= 11 is 0. The molecule has 0 radical (unpaired) electrons. The van der Waals surface area contributed by atoms with Gasteiger partial charge in [-0.25, -0.2) is 0 Å². The van der Waals surface area contributed by atoms with Gasteiger partial charge in [0.1, 0.15) is 6.54 Å². The summed E-state index contributed by atoms with van der Waals surface area (Å²) < 4.78 is 1.41. The second-order valence-corrected chi connectivity index (χ2v) is 7.86. The lowest BCUT2D eigenvalue weighted by Gasteiger charge is -2.40. The van der Waals surface area contributed by atoms with Crippen molar-refractivity contribution in [2.45, 2.75) is 45.3 Å². The Balaban J connectivity index is 1.53. The van der Waals surface area contributed by atoms with Gasteiger partial charge in [-0.05, 0) is 42.7 Å². The Kier molecular flexibility index (Phi) is 5.75. The lowest BCUT2D eigenvalue weighted by molar-refractivity contribution is -0.137.